The SMILES string of the molecule is Cc1cccc(C(=O)CCN2CCCC(CCO)C2)c1. The first-order chi connectivity index (χ1) is 9.69. The Labute approximate surface area is 121 Å². The Hall–Kier alpha value is -1.19. The third-order valence-corrected chi connectivity index (χ3v) is 4.14. The number of aliphatic hydroxyl groups is 1. The molecular weight excluding hydrogens is 250 g/mol. The number of hydrogen-bond acceptors (Lipinski definition) is 3. The van der Waals surface area contributed by atoms with Crippen molar-refractivity contribution in [1.82, 2.24) is 4.90 Å². The van der Waals surface area contributed by atoms with E-state index in [9.17, 15) is 4.79 Å². The maximum atomic E-state index is 12.2. The molecule has 0 amide bonds. The van der Waals surface area contributed by atoms with Crippen LogP contribution in [0.15, 0.2) is 24.3 Å². The van der Waals surface area contributed by atoms with Gasteiger partial charge in [-0.2, -0.15) is 0 Å². The van der Waals surface area contributed by atoms with Gasteiger partial charge in [0.1, 0.15) is 0 Å². The third kappa shape index (κ3) is 4.43. The van der Waals surface area contributed by atoms with Crippen LogP contribution in [0.5, 0.6) is 0 Å². The van der Waals surface area contributed by atoms with Gasteiger partial charge in [0.15, 0.2) is 5.78 Å². The molecule has 2 rings (SSSR count). The van der Waals surface area contributed by atoms with Crippen LogP contribution in [0.4, 0.5) is 0 Å². The summed E-state index contributed by atoms with van der Waals surface area (Å²) in [4.78, 5) is 14.6. The van der Waals surface area contributed by atoms with Gasteiger partial charge in [-0.3, -0.25) is 4.79 Å². The second-order valence-electron chi connectivity index (χ2n) is 5.86. The van der Waals surface area contributed by atoms with E-state index in [1.54, 1.807) is 0 Å². The number of carbonyl (C=O) groups is 1. The number of likely N-dealkylation sites (tertiary alicyclic amines) is 1. The first kappa shape index (κ1) is 15.2. The molecular formula is C17H25NO2. The van der Waals surface area contributed by atoms with Gasteiger partial charge in [0.05, 0.1) is 0 Å². The van der Waals surface area contributed by atoms with E-state index in [1.807, 2.05) is 31.2 Å². The van der Waals surface area contributed by atoms with Crippen LogP contribution >= 0.6 is 0 Å². The lowest BCUT2D eigenvalue weighted by Gasteiger charge is -2.32. The number of piperidine rings is 1. The topological polar surface area (TPSA) is 40.5 Å². The van der Waals surface area contributed by atoms with E-state index in [0.29, 0.717) is 12.3 Å². The smallest absolute Gasteiger partial charge is 0.164 e. The standard InChI is InChI=1S/C17H25NO2/c1-14-4-2-6-16(12-14)17(20)7-10-18-9-3-5-15(13-18)8-11-19/h2,4,6,12,15,19H,3,5,7-11,13H2,1H3. The number of carbonyl (C=O) groups excluding carboxylic acids is 1. The third-order valence-electron chi connectivity index (χ3n) is 4.14. The van der Waals surface area contributed by atoms with Crippen molar-refractivity contribution in [2.75, 3.05) is 26.2 Å². The number of aryl methyl sites for hydroxylation is 1. The lowest BCUT2D eigenvalue weighted by atomic mass is 9.95. The van der Waals surface area contributed by atoms with Crippen molar-refractivity contribution in [3.63, 3.8) is 0 Å². The Bertz CT molecular complexity index is 442. The van der Waals surface area contributed by atoms with Gasteiger partial charge in [-0.25, -0.2) is 0 Å². The number of ketones is 1. The Morgan fingerprint density at radius 1 is 1.45 bits per heavy atom. The minimum absolute atomic E-state index is 0.234. The van der Waals surface area contributed by atoms with Gasteiger partial charge in [-0.05, 0) is 44.7 Å². The van der Waals surface area contributed by atoms with E-state index in [0.717, 1.165) is 37.2 Å². The molecule has 3 nitrogen and oxygen atoms in total. The molecule has 1 N–H and O–H groups in total. The maximum absolute atomic E-state index is 12.2. The number of Topliss-reactive ketones (excluding diaryl/α,β-unsaturated/α-hetero) is 1. The predicted molar refractivity (Wildman–Crippen MR) is 81.0 cm³/mol. The summed E-state index contributed by atoms with van der Waals surface area (Å²) in [6, 6.07) is 7.83. The highest BCUT2D eigenvalue weighted by Crippen LogP contribution is 2.19. The normalized spacial score (nSPS) is 20.0. The fraction of sp³-hybridized carbons (Fsp3) is 0.588. The minimum Gasteiger partial charge on any atom is -0.396 e. The molecule has 1 aliphatic rings. The van der Waals surface area contributed by atoms with Crippen LogP contribution in [0.3, 0.4) is 0 Å². The molecule has 1 aromatic rings. The second-order valence-corrected chi connectivity index (χ2v) is 5.86. The quantitative estimate of drug-likeness (QED) is 0.811. The van der Waals surface area contributed by atoms with Gasteiger partial charge in [-0.1, -0.05) is 23.8 Å². The van der Waals surface area contributed by atoms with Crippen LogP contribution in [-0.2, 0) is 0 Å². The second kappa shape index (κ2) is 7.55. The summed E-state index contributed by atoms with van der Waals surface area (Å²) in [5, 5.41) is 9.02. The van der Waals surface area contributed by atoms with E-state index >= 15 is 0 Å². The molecule has 1 atom stereocenters. The number of benzene rings is 1. The van der Waals surface area contributed by atoms with Gasteiger partial charge in [-0.15, -0.1) is 0 Å². The number of nitrogens with zero attached hydrogens (tertiary/aromatic N) is 1. The van der Waals surface area contributed by atoms with Gasteiger partial charge >= 0.3 is 0 Å². The summed E-state index contributed by atoms with van der Waals surface area (Å²) in [5.41, 5.74) is 1.96. The highest BCUT2D eigenvalue weighted by atomic mass is 16.3. The molecule has 0 saturated carbocycles. The van der Waals surface area contributed by atoms with Gasteiger partial charge in [0, 0.05) is 31.7 Å². The molecule has 0 spiro atoms. The molecule has 0 aliphatic carbocycles. The monoisotopic (exact) mass is 275 g/mol. The predicted octanol–water partition coefficient (Wildman–Crippen LogP) is 2.66. The van der Waals surface area contributed by atoms with Crippen LogP contribution in [0.25, 0.3) is 0 Å². The van der Waals surface area contributed by atoms with Crippen molar-refractivity contribution in [1.29, 1.82) is 0 Å². The first-order valence-electron chi connectivity index (χ1n) is 7.62. The lowest BCUT2D eigenvalue weighted by Crippen LogP contribution is -2.37. The minimum atomic E-state index is 0.234. The Balaban J connectivity index is 1.81. The van der Waals surface area contributed by atoms with Crippen molar-refractivity contribution in [3.8, 4) is 0 Å². The van der Waals surface area contributed by atoms with Crippen LogP contribution in [0.1, 0.15) is 41.6 Å². The molecule has 1 saturated heterocycles. The molecule has 3 heteroatoms. The first-order valence-corrected chi connectivity index (χ1v) is 7.62. The zero-order valence-electron chi connectivity index (χ0n) is 12.3. The lowest BCUT2D eigenvalue weighted by molar-refractivity contribution is 0.0937. The summed E-state index contributed by atoms with van der Waals surface area (Å²) < 4.78 is 0. The maximum Gasteiger partial charge on any atom is 0.164 e. The summed E-state index contributed by atoms with van der Waals surface area (Å²) in [5.74, 6) is 0.834. The summed E-state index contributed by atoms with van der Waals surface area (Å²) in [6.07, 6.45) is 3.88. The average Bonchev–Trinajstić information content (AvgIpc) is 2.45. The van der Waals surface area contributed by atoms with Crippen molar-refractivity contribution in [2.24, 2.45) is 5.92 Å². The van der Waals surface area contributed by atoms with Crippen LogP contribution in [0, 0.1) is 12.8 Å². The van der Waals surface area contributed by atoms with E-state index in [2.05, 4.69) is 4.90 Å². The molecule has 1 heterocycles. The molecule has 1 fully saturated rings. The van der Waals surface area contributed by atoms with Gasteiger partial charge < -0.3 is 10.0 Å². The van der Waals surface area contributed by atoms with E-state index in [-0.39, 0.29) is 12.4 Å². The van der Waals surface area contributed by atoms with E-state index in [1.165, 1.54) is 12.8 Å². The number of rotatable bonds is 6. The fourth-order valence-electron chi connectivity index (χ4n) is 3.00. The Kier molecular flexibility index (Phi) is 5.74. The Morgan fingerprint density at radius 2 is 2.30 bits per heavy atom. The van der Waals surface area contributed by atoms with Gasteiger partial charge in [0.2, 0.25) is 0 Å². The molecule has 0 radical (unpaired) electrons. The highest BCUT2D eigenvalue weighted by molar-refractivity contribution is 5.96. The highest BCUT2D eigenvalue weighted by Gasteiger charge is 2.19. The molecule has 1 aliphatic heterocycles. The number of hydrogen-bond donors (Lipinski definition) is 1. The van der Waals surface area contributed by atoms with Crippen LogP contribution < -0.4 is 0 Å². The van der Waals surface area contributed by atoms with E-state index in [4.69, 9.17) is 5.11 Å². The zero-order chi connectivity index (χ0) is 14.4. The molecule has 0 bridgehead atoms. The van der Waals surface area contributed by atoms with Crippen molar-refractivity contribution in [2.45, 2.75) is 32.6 Å². The molecule has 20 heavy (non-hydrogen) atoms. The molecule has 0 aromatic heterocycles. The number of aliphatic hydroxyl groups excluding tert-OH is 1. The van der Waals surface area contributed by atoms with Crippen LogP contribution in [0.2, 0.25) is 0 Å². The molecule has 110 valence electrons. The molecule has 1 unspecified atom stereocenters. The van der Waals surface area contributed by atoms with E-state index < -0.39 is 0 Å². The van der Waals surface area contributed by atoms with Gasteiger partial charge in [0.25, 0.3) is 0 Å². The fourth-order valence-corrected chi connectivity index (χ4v) is 3.00. The summed E-state index contributed by atoms with van der Waals surface area (Å²) >= 11 is 0. The summed E-state index contributed by atoms with van der Waals surface area (Å²) in [6.45, 7) is 5.25. The van der Waals surface area contributed by atoms with Crippen molar-refractivity contribution < 1.29 is 9.90 Å². The van der Waals surface area contributed by atoms with Crippen molar-refractivity contribution in [3.05, 3.63) is 35.4 Å². The van der Waals surface area contributed by atoms with Crippen LogP contribution in [-0.4, -0.2) is 42.0 Å². The zero-order valence-corrected chi connectivity index (χ0v) is 12.3. The van der Waals surface area contributed by atoms with Crippen molar-refractivity contribution >= 4 is 5.78 Å². The average molecular weight is 275 g/mol. The molecule has 1 aromatic carbocycles. The Morgan fingerprint density at radius 3 is 3.05 bits per heavy atom. The largest absolute Gasteiger partial charge is 0.396 e. The summed E-state index contributed by atoms with van der Waals surface area (Å²) in [7, 11) is 0.